The topological polar surface area (TPSA) is 59.3 Å². The van der Waals surface area contributed by atoms with Gasteiger partial charge in [-0.1, -0.05) is 37.5 Å². The van der Waals surface area contributed by atoms with Gasteiger partial charge in [-0.05, 0) is 43.5 Å². The second kappa shape index (κ2) is 7.79. The first kappa shape index (κ1) is 17.0. The molecule has 1 aliphatic rings. The molecule has 1 aromatic carbocycles. The van der Waals surface area contributed by atoms with Gasteiger partial charge in [0.2, 0.25) is 0 Å². The molecule has 0 spiro atoms. The Morgan fingerprint density at radius 3 is 2.67 bits per heavy atom. The summed E-state index contributed by atoms with van der Waals surface area (Å²) in [6.07, 6.45) is 5.67. The molecule has 5 heteroatoms. The molecule has 0 radical (unpaired) electrons. The molecule has 1 amide bonds. The number of nitrogens with one attached hydrogen (secondary N) is 1. The molecule has 4 nitrogen and oxygen atoms in total. The Morgan fingerprint density at radius 1 is 1.17 bits per heavy atom. The Balaban J connectivity index is 1.61. The Bertz CT molecular complexity index is 732. The van der Waals surface area contributed by atoms with E-state index in [4.69, 9.17) is 4.42 Å². The summed E-state index contributed by atoms with van der Waals surface area (Å²) in [4.78, 5) is 13.1. The fraction of sp³-hybridized carbons (Fsp3) is 0.421. The zero-order valence-electron chi connectivity index (χ0n) is 13.9. The van der Waals surface area contributed by atoms with E-state index < -0.39 is 10.8 Å². The van der Waals surface area contributed by atoms with Gasteiger partial charge in [-0.25, -0.2) is 0 Å². The number of amides is 1. The van der Waals surface area contributed by atoms with Crippen molar-refractivity contribution in [1.29, 1.82) is 0 Å². The van der Waals surface area contributed by atoms with Crippen molar-refractivity contribution in [2.45, 2.75) is 55.7 Å². The van der Waals surface area contributed by atoms with Crippen LogP contribution in [0.25, 0.3) is 0 Å². The lowest BCUT2D eigenvalue weighted by atomic mass is 9.95. The molecule has 128 valence electrons. The van der Waals surface area contributed by atoms with Crippen LogP contribution in [0.2, 0.25) is 0 Å². The van der Waals surface area contributed by atoms with Gasteiger partial charge >= 0.3 is 0 Å². The van der Waals surface area contributed by atoms with E-state index in [0.29, 0.717) is 11.5 Å². The van der Waals surface area contributed by atoms with Crippen LogP contribution in [-0.4, -0.2) is 16.2 Å². The summed E-state index contributed by atoms with van der Waals surface area (Å²) in [5.74, 6) is 0.985. The van der Waals surface area contributed by atoms with Crippen LogP contribution in [0.1, 0.15) is 54.0 Å². The number of carbonyl (C=O) groups is 1. The highest BCUT2D eigenvalue weighted by Gasteiger charge is 2.19. The molecular formula is C19H23NO3S. The van der Waals surface area contributed by atoms with Crippen molar-refractivity contribution in [2.24, 2.45) is 0 Å². The first-order valence-corrected chi connectivity index (χ1v) is 9.79. The van der Waals surface area contributed by atoms with Crippen molar-refractivity contribution in [1.82, 2.24) is 5.32 Å². The third-order valence-corrected chi connectivity index (χ3v) is 5.93. The van der Waals surface area contributed by atoms with Crippen molar-refractivity contribution in [3.8, 4) is 0 Å². The summed E-state index contributed by atoms with van der Waals surface area (Å²) >= 11 is 0. The number of carbonyl (C=O) groups excluding carboxylic acids is 1. The van der Waals surface area contributed by atoms with Crippen molar-refractivity contribution in [3.63, 3.8) is 0 Å². The van der Waals surface area contributed by atoms with Gasteiger partial charge in [0.25, 0.3) is 5.91 Å². The molecule has 1 N–H and O–H groups in total. The Morgan fingerprint density at radius 2 is 1.92 bits per heavy atom. The van der Waals surface area contributed by atoms with Crippen LogP contribution in [0.3, 0.4) is 0 Å². The molecule has 1 heterocycles. The Labute approximate surface area is 145 Å². The molecule has 24 heavy (non-hydrogen) atoms. The van der Waals surface area contributed by atoms with Crippen LogP contribution < -0.4 is 5.32 Å². The van der Waals surface area contributed by atoms with E-state index in [1.807, 2.05) is 31.2 Å². The van der Waals surface area contributed by atoms with Crippen LogP contribution in [-0.2, 0) is 16.6 Å². The molecule has 2 aromatic rings. The van der Waals surface area contributed by atoms with Gasteiger partial charge in [0.1, 0.15) is 5.76 Å². The summed E-state index contributed by atoms with van der Waals surface area (Å²) in [7, 11) is -1.18. The first-order chi connectivity index (χ1) is 11.6. The van der Waals surface area contributed by atoms with Crippen LogP contribution in [0.4, 0.5) is 0 Å². The standard InChI is InChI=1S/C19H23NO3S/c1-14-7-5-6-10-18(14)24(22)13-16-11-12-17(23-16)19(21)20-15-8-3-2-4-9-15/h5-7,10-12,15H,2-4,8-9,13H2,1H3,(H,20,21). The monoisotopic (exact) mass is 345 g/mol. The quantitative estimate of drug-likeness (QED) is 0.892. The van der Waals surface area contributed by atoms with Gasteiger partial charge in [0.05, 0.1) is 16.6 Å². The summed E-state index contributed by atoms with van der Waals surface area (Å²) in [5, 5.41) is 3.03. The zero-order valence-corrected chi connectivity index (χ0v) is 14.7. The van der Waals surface area contributed by atoms with Crippen molar-refractivity contribution < 1.29 is 13.4 Å². The van der Waals surface area contributed by atoms with E-state index >= 15 is 0 Å². The highest BCUT2D eigenvalue weighted by Crippen LogP contribution is 2.20. The van der Waals surface area contributed by atoms with E-state index in [9.17, 15) is 9.00 Å². The normalized spacial score (nSPS) is 16.7. The second-order valence-corrected chi connectivity index (χ2v) is 7.75. The van der Waals surface area contributed by atoms with E-state index in [1.54, 1.807) is 12.1 Å². The maximum absolute atomic E-state index is 12.5. The predicted octanol–water partition coefficient (Wildman–Crippen LogP) is 3.96. The van der Waals surface area contributed by atoms with Crippen molar-refractivity contribution in [2.75, 3.05) is 0 Å². The van der Waals surface area contributed by atoms with Crippen LogP contribution in [0.15, 0.2) is 45.7 Å². The molecule has 1 aliphatic carbocycles. The maximum Gasteiger partial charge on any atom is 0.287 e. The average molecular weight is 345 g/mol. The minimum atomic E-state index is -1.18. The maximum atomic E-state index is 12.5. The molecule has 1 aromatic heterocycles. The molecule has 1 atom stereocenters. The summed E-state index contributed by atoms with van der Waals surface area (Å²) < 4.78 is 18.1. The van der Waals surface area contributed by atoms with Crippen molar-refractivity contribution >= 4 is 16.7 Å². The Hall–Kier alpha value is -1.88. The van der Waals surface area contributed by atoms with E-state index in [1.165, 1.54) is 19.3 Å². The molecule has 1 unspecified atom stereocenters. The molecule has 0 bridgehead atoms. The lowest BCUT2D eigenvalue weighted by Gasteiger charge is -2.22. The molecule has 0 saturated heterocycles. The fourth-order valence-electron chi connectivity index (χ4n) is 3.10. The van der Waals surface area contributed by atoms with Gasteiger partial charge in [-0.3, -0.25) is 9.00 Å². The summed E-state index contributed by atoms with van der Waals surface area (Å²) in [5.41, 5.74) is 0.998. The molecule has 1 fully saturated rings. The van der Waals surface area contributed by atoms with Gasteiger partial charge in [0.15, 0.2) is 5.76 Å². The molecule has 3 rings (SSSR count). The fourth-order valence-corrected chi connectivity index (χ4v) is 4.33. The zero-order chi connectivity index (χ0) is 16.9. The number of furan rings is 1. The minimum Gasteiger partial charge on any atom is -0.455 e. The van der Waals surface area contributed by atoms with Gasteiger partial charge in [-0.2, -0.15) is 0 Å². The first-order valence-electron chi connectivity index (χ1n) is 8.47. The molecule has 0 aliphatic heterocycles. The molecule has 1 saturated carbocycles. The lowest BCUT2D eigenvalue weighted by Crippen LogP contribution is -2.35. The van der Waals surface area contributed by atoms with E-state index in [0.717, 1.165) is 23.3 Å². The summed E-state index contributed by atoms with van der Waals surface area (Å²) in [6.45, 7) is 1.94. The van der Waals surface area contributed by atoms with Crippen molar-refractivity contribution in [3.05, 3.63) is 53.5 Å². The van der Waals surface area contributed by atoms with Crippen LogP contribution in [0.5, 0.6) is 0 Å². The number of hydrogen-bond acceptors (Lipinski definition) is 3. The molecular weight excluding hydrogens is 322 g/mol. The Kier molecular flexibility index (Phi) is 5.51. The number of rotatable bonds is 5. The van der Waals surface area contributed by atoms with E-state index in [2.05, 4.69) is 5.32 Å². The number of hydrogen-bond donors (Lipinski definition) is 1. The third kappa shape index (κ3) is 4.15. The minimum absolute atomic E-state index is 0.171. The van der Waals surface area contributed by atoms with Crippen LogP contribution in [0, 0.1) is 6.92 Å². The summed E-state index contributed by atoms with van der Waals surface area (Å²) in [6, 6.07) is 11.3. The van der Waals surface area contributed by atoms with Gasteiger partial charge < -0.3 is 9.73 Å². The van der Waals surface area contributed by atoms with Gasteiger partial charge in [0, 0.05) is 10.9 Å². The van der Waals surface area contributed by atoms with Gasteiger partial charge in [-0.15, -0.1) is 0 Å². The lowest BCUT2D eigenvalue weighted by molar-refractivity contribution is 0.0898. The largest absolute Gasteiger partial charge is 0.455 e. The number of aryl methyl sites for hydroxylation is 1. The highest BCUT2D eigenvalue weighted by atomic mass is 32.2. The highest BCUT2D eigenvalue weighted by molar-refractivity contribution is 7.84. The second-order valence-electron chi connectivity index (χ2n) is 6.33. The SMILES string of the molecule is Cc1ccccc1S(=O)Cc1ccc(C(=O)NC2CCCCC2)o1. The smallest absolute Gasteiger partial charge is 0.287 e. The number of benzene rings is 1. The van der Waals surface area contributed by atoms with Crippen LogP contribution >= 0.6 is 0 Å². The third-order valence-electron chi connectivity index (χ3n) is 4.44. The predicted molar refractivity (Wildman–Crippen MR) is 94.3 cm³/mol. The van der Waals surface area contributed by atoms with E-state index in [-0.39, 0.29) is 17.7 Å². The average Bonchev–Trinajstić information content (AvgIpc) is 3.05.